The van der Waals surface area contributed by atoms with Gasteiger partial charge >= 0.3 is 0 Å². The smallest absolute Gasteiger partial charge is 0.0724 e. The minimum Gasteiger partial charge on any atom is -0.309 e. The highest BCUT2D eigenvalue weighted by atomic mass is 15.2. The van der Waals surface area contributed by atoms with Gasteiger partial charge in [-0.1, -0.05) is 30.3 Å². The summed E-state index contributed by atoms with van der Waals surface area (Å²) in [5, 5.41) is 3.53. The van der Waals surface area contributed by atoms with Gasteiger partial charge in [0.15, 0.2) is 0 Å². The normalized spacial score (nSPS) is 17.0. The summed E-state index contributed by atoms with van der Waals surface area (Å²) < 4.78 is 0. The molecule has 1 atom stereocenters. The minimum absolute atomic E-state index is 0.449. The molecule has 21 heavy (non-hydrogen) atoms. The molecule has 0 saturated carbocycles. The summed E-state index contributed by atoms with van der Waals surface area (Å²) in [7, 11) is 0. The number of benzene rings is 1. The van der Waals surface area contributed by atoms with E-state index < -0.39 is 0 Å². The molecule has 4 nitrogen and oxygen atoms in total. The third-order valence-corrected chi connectivity index (χ3v) is 4.03. The summed E-state index contributed by atoms with van der Waals surface area (Å²) in [5.41, 5.74) is 2.39. The number of aromatic nitrogens is 2. The van der Waals surface area contributed by atoms with Gasteiger partial charge in [-0.15, -0.1) is 0 Å². The fourth-order valence-electron chi connectivity index (χ4n) is 2.94. The molecule has 0 radical (unpaired) electrons. The van der Waals surface area contributed by atoms with Gasteiger partial charge in [-0.05, 0) is 31.5 Å². The van der Waals surface area contributed by atoms with Gasteiger partial charge in [0.05, 0.1) is 5.69 Å². The predicted octanol–water partition coefficient (Wildman–Crippen LogP) is 2.40. The van der Waals surface area contributed by atoms with Crippen LogP contribution < -0.4 is 5.32 Å². The first-order valence-corrected chi connectivity index (χ1v) is 7.68. The van der Waals surface area contributed by atoms with Crippen molar-refractivity contribution in [1.82, 2.24) is 20.2 Å². The van der Waals surface area contributed by atoms with Gasteiger partial charge in [-0.25, -0.2) is 0 Å². The first-order chi connectivity index (χ1) is 10.4. The predicted molar refractivity (Wildman–Crippen MR) is 83.7 cm³/mol. The second kappa shape index (κ2) is 7.29. The first kappa shape index (κ1) is 14.2. The molecule has 0 aliphatic carbocycles. The number of nitrogens with one attached hydrogen (secondary N) is 1. The summed E-state index contributed by atoms with van der Waals surface area (Å²) >= 11 is 0. The van der Waals surface area contributed by atoms with E-state index in [2.05, 4.69) is 50.5 Å². The number of hydrogen-bond acceptors (Lipinski definition) is 4. The van der Waals surface area contributed by atoms with Crippen molar-refractivity contribution in [2.24, 2.45) is 0 Å². The molecule has 4 heteroatoms. The maximum absolute atomic E-state index is 4.31. The molecular weight excluding hydrogens is 260 g/mol. The number of hydrogen-bond donors (Lipinski definition) is 1. The monoisotopic (exact) mass is 282 g/mol. The Morgan fingerprint density at radius 3 is 2.62 bits per heavy atom. The van der Waals surface area contributed by atoms with Crippen molar-refractivity contribution < 1.29 is 0 Å². The molecule has 2 aromatic rings. The van der Waals surface area contributed by atoms with Gasteiger partial charge in [-0.2, -0.15) is 0 Å². The van der Waals surface area contributed by atoms with Gasteiger partial charge in [0.1, 0.15) is 0 Å². The Morgan fingerprint density at radius 1 is 1.10 bits per heavy atom. The van der Waals surface area contributed by atoms with Crippen LogP contribution in [0.2, 0.25) is 0 Å². The SMILES string of the molecule is c1ccc(C(CNCc2cnccn2)N2CCCC2)cc1. The quantitative estimate of drug-likeness (QED) is 0.883. The lowest BCUT2D eigenvalue weighted by molar-refractivity contribution is 0.238. The number of nitrogens with zero attached hydrogens (tertiary/aromatic N) is 3. The van der Waals surface area contributed by atoms with Crippen LogP contribution in [0.5, 0.6) is 0 Å². The zero-order chi connectivity index (χ0) is 14.3. The number of rotatable bonds is 6. The standard InChI is InChI=1S/C17H22N4/c1-2-6-15(7-3-1)17(21-10-4-5-11-21)14-19-13-16-12-18-8-9-20-16/h1-3,6-9,12,17,19H,4-5,10-11,13-14H2. The van der Waals surface area contributed by atoms with E-state index in [1.807, 2.05) is 6.20 Å². The highest BCUT2D eigenvalue weighted by Crippen LogP contribution is 2.24. The van der Waals surface area contributed by atoms with E-state index in [-0.39, 0.29) is 0 Å². The summed E-state index contributed by atoms with van der Waals surface area (Å²) in [4.78, 5) is 11.0. The van der Waals surface area contributed by atoms with E-state index in [1.165, 1.54) is 31.5 Å². The molecule has 1 saturated heterocycles. The maximum atomic E-state index is 4.31. The van der Waals surface area contributed by atoms with Crippen molar-refractivity contribution >= 4 is 0 Å². The van der Waals surface area contributed by atoms with Crippen LogP contribution in [0.15, 0.2) is 48.9 Å². The van der Waals surface area contributed by atoms with Crippen LogP contribution in [-0.2, 0) is 6.54 Å². The van der Waals surface area contributed by atoms with Crippen LogP contribution in [-0.4, -0.2) is 34.5 Å². The molecule has 0 spiro atoms. The van der Waals surface area contributed by atoms with Crippen molar-refractivity contribution in [1.29, 1.82) is 0 Å². The third-order valence-electron chi connectivity index (χ3n) is 4.03. The lowest BCUT2D eigenvalue weighted by Crippen LogP contribution is -2.34. The summed E-state index contributed by atoms with van der Waals surface area (Å²) in [6.45, 7) is 4.12. The van der Waals surface area contributed by atoms with E-state index in [9.17, 15) is 0 Å². The Kier molecular flexibility index (Phi) is 4.92. The summed E-state index contributed by atoms with van der Waals surface area (Å²) in [6.07, 6.45) is 7.90. The Balaban J connectivity index is 1.62. The van der Waals surface area contributed by atoms with Crippen molar-refractivity contribution in [3.63, 3.8) is 0 Å². The highest BCUT2D eigenvalue weighted by molar-refractivity contribution is 5.19. The van der Waals surface area contributed by atoms with Crippen LogP contribution in [0.1, 0.15) is 30.1 Å². The van der Waals surface area contributed by atoms with E-state index in [0.29, 0.717) is 6.04 Å². The van der Waals surface area contributed by atoms with Crippen molar-refractivity contribution in [3.8, 4) is 0 Å². The zero-order valence-electron chi connectivity index (χ0n) is 12.3. The van der Waals surface area contributed by atoms with Crippen molar-refractivity contribution in [2.75, 3.05) is 19.6 Å². The number of likely N-dealkylation sites (tertiary alicyclic amines) is 1. The summed E-state index contributed by atoms with van der Waals surface area (Å²) in [6, 6.07) is 11.2. The van der Waals surface area contributed by atoms with E-state index in [0.717, 1.165) is 18.8 Å². The van der Waals surface area contributed by atoms with E-state index in [4.69, 9.17) is 0 Å². The Labute approximate surface area is 126 Å². The molecule has 1 aliphatic rings. The van der Waals surface area contributed by atoms with Crippen LogP contribution in [0, 0.1) is 0 Å². The first-order valence-electron chi connectivity index (χ1n) is 7.68. The molecular formula is C17H22N4. The lowest BCUT2D eigenvalue weighted by atomic mass is 10.1. The molecule has 1 fully saturated rings. The second-order valence-electron chi connectivity index (χ2n) is 5.50. The largest absolute Gasteiger partial charge is 0.309 e. The van der Waals surface area contributed by atoms with Crippen molar-refractivity contribution in [3.05, 3.63) is 60.2 Å². The van der Waals surface area contributed by atoms with Gasteiger partial charge in [-0.3, -0.25) is 14.9 Å². The third kappa shape index (κ3) is 3.86. The van der Waals surface area contributed by atoms with Crippen LogP contribution in [0.3, 0.4) is 0 Å². The zero-order valence-corrected chi connectivity index (χ0v) is 12.3. The van der Waals surface area contributed by atoms with Crippen LogP contribution in [0.25, 0.3) is 0 Å². The Bertz CT molecular complexity index is 523. The molecule has 110 valence electrons. The van der Waals surface area contributed by atoms with Crippen LogP contribution in [0.4, 0.5) is 0 Å². The minimum atomic E-state index is 0.449. The second-order valence-corrected chi connectivity index (χ2v) is 5.50. The fourth-order valence-corrected chi connectivity index (χ4v) is 2.94. The van der Waals surface area contributed by atoms with Gasteiger partial charge in [0.25, 0.3) is 0 Å². The van der Waals surface area contributed by atoms with Gasteiger partial charge < -0.3 is 5.32 Å². The molecule has 0 bridgehead atoms. The Morgan fingerprint density at radius 2 is 1.90 bits per heavy atom. The van der Waals surface area contributed by atoms with Crippen LogP contribution >= 0.6 is 0 Å². The molecule has 2 heterocycles. The molecule has 3 rings (SSSR count). The molecule has 1 aromatic heterocycles. The molecule has 1 aliphatic heterocycles. The van der Waals surface area contributed by atoms with E-state index in [1.54, 1.807) is 12.4 Å². The average Bonchev–Trinajstić information content (AvgIpc) is 3.07. The highest BCUT2D eigenvalue weighted by Gasteiger charge is 2.22. The Hall–Kier alpha value is -1.78. The van der Waals surface area contributed by atoms with Gasteiger partial charge in [0.2, 0.25) is 0 Å². The molecule has 1 aromatic carbocycles. The molecule has 1 unspecified atom stereocenters. The molecule has 1 N–H and O–H groups in total. The maximum Gasteiger partial charge on any atom is 0.0724 e. The topological polar surface area (TPSA) is 41.1 Å². The van der Waals surface area contributed by atoms with Crippen molar-refractivity contribution in [2.45, 2.75) is 25.4 Å². The molecule has 0 amide bonds. The van der Waals surface area contributed by atoms with Gasteiger partial charge in [0, 0.05) is 37.7 Å². The lowest BCUT2D eigenvalue weighted by Gasteiger charge is -2.28. The van der Waals surface area contributed by atoms with E-state index >= 15 is 0 Å². The average molecular weight is 282 g/mol. The fraction of sp³-hybridized carbons (Fsp3) is 0.412. The summed E-state index contributed by atoms with van der Waals surface area (Å²) in [5.74, 6) is 0.